The van der Waals surface area contributed by atoms with Crippen molar-refractivity contribution < 1.29 is 4.74 Å². The average molecular weight is 201 g/mol. The van der Waals surface area contributed by atoms with E-state index in [4.69, 9.17) is 10.00 Å². The summed E-state index contributed by atoms with van der Waals surface area (Å²) >= 11 is 0. The second-order valence-electron chi connectivity index (χ2n) is 3.52. The monoisotopic (exact) mass is 201 g/mol. The minimum Gasteiger partial charge on any atom is -0.497 e. The van der Waals surface area contributed by atoms with Gasteiger partial charge in [0.2, 0.25) is 0 Å². The highest BCUT2D eigenvalue weighted by molar-refractivity contribution is 5.27. The van der Waals surface area contributed by atoms with Crippen molar-refractivity contribution in [1.82, 2.24) is 0 Å². The van der Waals surface area contributed by atoms with E-state index in [-0.39, 0.29) is 0 Å². The summed E-state index contributed by atoms with van der Waals surface area (Å²) in [6, 6.07) is 10.0. The normalized spacial score (nSPS) is 12.3. The Balaban J connectivity index is 2.57. The van der Waals surface area contributed by atoms with Crippen LogP contribution in [-0.4, -0.2) is 7.11 Å². The molecule has 0 spiro atoms. The molecule has 0 amide bonds. The van der Waals surface area contributed by atoms with Crippen LogP contribution in [0.2, 0.25) is 0 Å². The van der Waals surface area contributed by atoms with Gasteiger partial charge in [0.05, 0.1) is 13.2 Å². The molecule has 0 aliphatic heterocycles. The number of hydrogen-bond acceptors (Lipinski definition) is 2. The molecule has 15 heavy (non-hydrogen) atoms. The summed E-state index contributed by atoms with van der Waals surface area (Å²) < 4.78 is 5.08. The molecule has 1 unspecified atom stereocenters. The van der Waals surface area contributed by atoms with Gasteiger partial charge in [-0.05, 0) is 30.0 Å². The molecule has 0 bridgehead atoms. The molecule has 1 rings (SSSR count). The van der Waals surface area contributed by atoms with Crippen LogP contribution < -0.4 is 4.74 Å². The summed E-state index contributed by atoms with van der Waals surface area (Å²) in [5.41, 5.74) is 1.26. The number of hydrogen-bond donors (Lipinski definition) is 0. The van der Waals surface area contributed by atoms with Gasteiger partial charge in [-0.3, -0.25) is 0 Å². The number of methoxy groups -OCH3 is 1. The summed E-state index contributed by atoms with van der Waals surface area (Å²) in [5, 5.41) is 8.40. The highest BCUT2D eigenvalue weighted by Crippen LogP contribution is 2.14. The van der Waals surface area contributed by atoms with Crippen LogP contribution in [0.4, 0.5) is 0 Å². The van der Waals surface area contributed by atoms with Gasteiger partial charge in [0, 0.05) is 6.08 Å². The summed E-state index contributed by atoms with van der Waals surface area (Å²) in [6.45, 7) is 2.10. The maximum absolute atomic E-state index is 8.40. The summed E-state index contributed by atoms with van der Waals surface area (Å²) in [4.78, 5) is 0. The third-order valence-electron chi connectivity index (χ3n) is 2.22. The molecule has 0 saturated heterocycles. The summed E-state index contributed by atoms with van der Waals surface area (Å²) in [7, 11) is 1.66. The summed E-state index contributed by atoms with van der Waals surface area (Å²) in [5.74, 6) is 1.26. The van der Waals surface area contributed by atoms with Gasteiger partial charge >= 0.3 is 0 Å². The lowest BCUT2D eigenvalue weighted by Crippen LogP contribution is -1.95. The number of allylic oxidation sites excluding steroid dienone is 2. The molecule has 78 valence electrons. The standard InChI is InChI=1S/C13H15NO/c1-11(4-3-9-14)10-12-5-7-13(15-2)8-6-12/h3-8,11H,10H2,1-2H3/b4-3+. The fourth-order valence-electron chi connectivity index (χ4n) is 1.41. The van der Waals surface area contributed by atoms with Crippen molar-refractivity contribution >= 4 is 0 Å². The van der Waals surface area contributed by atoms with Crippen LogP contribution in [0.3, 0.4) is 0 Å². The van der Waals surface area contributed by atoms with Crippen molar-refractivity contribution in [2.24, 2.45) is 5.92 Å². The second-order valence-corrected chi connectivity index (χ2v) is 3.52. The Morgan fingerprint density at radius 2 is 2.07 bits per heavy atom. The Kier molecular flexibility index (Phi) is 4.43. The van der Waals surface area contributed by atoms with Crippen LogP contribution in [0, 0.1) is 17.2 Å². The first-order valence-electron chi connectivity index (χ1n) is 4.95. The Morgan fingerprint density at radius 1 is 1.40 bits per heavy atom. The fourth-order valence-corrected chi connectivity index (χ4v) is 1.41. The molecule has 2 nitrogen and oxygen atoms in total. The van der Waals surface area contributed by atoms with E-state index in [1.807, 2.05) is 24.3 Å². The molecule has 0 heterocycles. The first kappa shape index (κ1) is 11.3. The Morgan fingerprint density at radius 3 is 2.60 bits per heavy atom. The van der Waals surface area contributed by atoms with Crippen LogP contribution in [0.15, 0.2) is 36.4 Å². The molecule has 1 aromatic carbocycles. The van der Waals surface area contributed by atoms with Crippen molar-refractivity contribution in [1.29, 1.82) is 5.26 Å². The topological polar surface area (TPSA) is 33.0 Å². The lowest BCUT2D eigenvalue weighted by Gasteiger charge is -2.06. The molecule has 2 heteroatoms. The Hall–Kier alpha value is -1.75. The number of nitrogens with zero attached hydrogens (tertiary/aromatic N) is 1. The first-order chi connectivity index (χ1) is 7.26. The molecule has 1 atom stereocenters. The van der Waals surface area contributed by atoms with E-state index in [0.29, 0.717) is 5.92 Å². The van der Waals surface area contributed by atoms with Crippen LogP contribution in [0.5, 0.6) is 5.75 Å². The van der Waals surface area contributed by atoms with E-state index in [0.717, 1.165) is 12.2 Å². The van der Waals surface area contributed by atoms with Crippen LogP contribution in [0.1, 0.15) is 12.5 Å². The molecule has 0 aliphatic rings. The fraction of sp³-hybridized carbons (Fsp3) is 0.308. The Bertz CT molecular complexity index is 359. The largest absolute Gasteiger partial charge is 0.497 e. The van der Waals surface area contributed by atoms with E-state index in [1.165, 1.54) is 11.6 Å². The number of ether oxygens (including phenoxy) is 1. The summed E-state index contributed by atoms with van der Waals surface area (Å²) in [6.07, 6.45) is 4.40. The van der Waals surface area contributed by atoms with Gasteiger partial charge in [-0.15, -0.1) is 0 Å². The van der Waals surface area contributed by atoms with Crippen LogP contribution in [-0.2, 0) is 6.42 Å². The van der Waals surface area contributed by atoms with E-state index >= 15 is 0 Å². The highest BCUT2D eigenvalue weighted by Gasteiger charge is 1.99. The lowest BCUT2D eigenvalue weighted by atomic mass is 10.0. The Labute approximate surface area is 90.8 Å². The van der Waals surface area contributed by atoms with Crippen LogP contribution >= 0.6 is 0 Å². The van der Waals surface area contributed by atoms with Gasteiger partial charge in [0.1, 0.15) is 5.75 Å². The molecule has 0 N–H and O–H groups in total. The number of benzene rings is 1. The SMILES string of the molecule is COc1ccc(CC(C)/C=C/C#N)cc1. The minimum atomic E-state index is 0.387. The molecular weight excluding hydrogens is 186 g/mol. The smallest absolute Gasteiger partial charge is 0.118 e. The zero-order valence-electron chi connectivity index (χ0n) is 9.10. The maximum Gasteiger partial charge on any atom is 0.118 e. The van der Waals surface area contributed by atoms with Gasteiger partial charge in [0.25, 0.3) is 0 Å². The van der Waals surface area contributed by atoms with Gasteiger partial charge in [0.15, 0.2) is 0 Å². The van der Waals surface area contributed by atoms with Gasteiger partial charge in [-0.2, -0.15) is 5.26 Å². The predicted molar refractivity (Wildman–Crippen MR) is 60.6 cm³/mol. The van der Waals surface area contributed by atoms with Crippen molar-refractivity contribution in [3.63, 3.8) is 0 Å². The van der Waals surface area contributed by atoms with Crippen LogP contribution in [0.25, 0.3) is 0 Å². The second kappa shape index (κ2) is 5.87. The van der Waals surface area contributed by atoms with E-state index in [2.05, 4.69) is 19.1 Å². The maximum atomic E-state index is 8.40. The third kappa shape index (κ3) is 3.86. The minimum absolute atomic E-state index is 0.387. The van der Waals surface area contributed by atoms with Gasteiger partial charge < -0.3 is 4.74 Å². The lowest BCUT2D eigenvalue weighted by molar-refractivity contribution is 0.414. The number of rotatable bonds is 4. The molecule has 0 aliphatic carbocycles. The van der Waals surface area contributed by atoms with E-state index in [1.54, 1.807) is 7.11 Å². The highest BCUT2D eigenvalue weighted by atomic mass is 16.5. The zero-order valence-corrected chi connectivity index (χ0v) is 9.10. The predicted octanol–water partition coefficient (Wildman–Crippen LogP) is 2.95. The molecule has 0 aromatic heterocycles. The quantitative estimate of drug-likeness (QED) is 0.702. The zero-order chi connectivity index (χ0) is 11.1. The number of nitriles is 1. The van der Waals surface area contributed by atoms with Crippen molar-refractivity contribution in [3.05, 3.63) is 42.0 Å². The van der Waals surface area contributed by atoms with E-state index in [9.17, 15) is 0 Å². The molecule has 1 aromatic rings. The van der Waals surface area contributed by atoms with Crippen molar-refractivity contribution in [2.45, 2.75) is 13.3 Å². The molecular formula is C13H15NO. The third-order valence-corrected chi connectivity index (χ3v) is 2.22. The van der Waals surface area contributed by atoms with Gasteiger partial charge in [-0.25, -0.2) is 0 Å². The van der Waals surface area contributed by atoms with Gasteiger partial charge in [-0.1, -0.05) is 25.1 Å². The van der Waals surface area contributed by atoms with Crippen molar-refractivity contribution in [2.75, 3.05) is 7.11 Å². The van der Waals surface area contributed by atoms with Crippen molar-refractivity contribution in [3.8, 4) is 11.8 Å². The average Bonchev–Trinajstić information content (AvgIpc) is 2.27. The molecule has 0 radical (unpaired) electrons. The van der Waals surface area contributed by atoms with E-state index < -0.39 is 0 Å². The first-order valence-corrected chi connectivity index (χ1v) is 4.95. The molecule has 0 fully saturated rings. The molecule has 0 saturated carbocycles.